The van der Waals surface area contributed by atoms with E-state index in [2.05, 4.69) is 23.8 Å². The van der Waals surface area contributed by atoms with Crippen molar-refractivity contribution in [2.75, 3.05) is 12.3 Å². The Hall–Kier alpha value is -2.10. The van der Waals surface area contributed by atoms with E-state index in [0.29, 0.717) is 18.4 Å². The first-order valence-electron chi connectivity index (χ1n) is 6.45. The summed E-state index contributed by atoms with van der Waals surface area (Å²) in [5.41, 5.74) is 8.77. The van der Waals surface area contributed by atoms with Crippen molar-refractivity contribution >= 4 is 5.69 Å². The lowest BCUT2D eigenvalue weighted by Gasteiger charge is -2.09. The number of para-hydroxylation sites is 1. The van der Waals surface area contributed by atoms with Crippen LogP contribution >= 0.6 is 0 Å². The van der Waals surface area contributed by atoms with E-state index >= 15 is 0 Å². The van der Waals surface area contributed by atoms with E-state index in [1.54, 1.807) is 6.33 Å². The van der Waals surface area contributed by atoms with Crippen LogP contribution in [0.2, 0.25) is 0 Å². The topological polar surface area (TPSA) is 61.0 Å². The molecule has 0 atom stereocenters. The molecule has 0 aliphatic rings. The summed E-state index contributed by atoms with van der Waals surface area (Å²) in [6.45, 7) is 4.75. The molecule has 1 aromatic carbocycles. The van der Waals surface area contributed by atoms with Crippen LogP contribution in [0.4, 0.5) is 5.69 Å². The molecule has 0 saturated carbocycles. The molecule has 0 saturated heterocycles. The van der Waals surface area contributed by atoms with Crippen molar-refractivity contribution in [2.45, 2.75) is 26.2 Å². The molecule has 100 valence electrons. The number of nitrogen functional groups attached to an aromatic ring is 1. The van der Waals surface area contributed by atoms with Crippen molar-refractivity contribution in [3.8, 4) is 5.88 Å². The third-order valence-corrected chi connectivity index (χ3v) is 2.93. The first-order chi connectivity index (χ1) is 9.16. The predicted octanol–water partition coefficient (Wildman–Crippen LogP) is 2.80. The Morgan fingerprint density at radius 3 is 2.74 bits per heavy atom. The minimum atomic E-state index is 0.370. The lowest BCUT2D eigenvalue weighted by Crippen LogP contribution is -2.05. The van der Waals surface area contributed by atoms with Gasteiger partial charge in [0.15, 0.2) is 0 Å². The summed E-state index contributed by atoms with van der Waals surface area (Å²) in [5.74, 6) is 0.989. The highest BCUT2D eigenvalue weighted by Gasteiger charge is 2.04. The fraction of sp³-hybridized carbons (Fsp3) is 0.333. The average Bonchev–Trinajstić information content (AvgIpc) is 2.41. The third-order valence-electron chi connectivity index (χ3n) is 2.93. The largest absolute Gasteiger partial charge is 0.477 e. The molecule has 0 spiro atoms. The number of rotatable bonds is 5. The summed E-state index contributed by atoms with van der Waals surface area (Å²) >= 11 is 0. The Labute approximate surface area is 113 Å². The lowest BCUT2D eigenvalue weighted by atomic mass is 10.1. The number of hydrogen-bond acceptors (Lipinski definition) is 4. The summed E-state index contributed by atoms with van der Waals surface area (Å²) in [5, 5.41) is 0. The summed E-state index contributed by atoms with van der Waals surface area (Å²) < 4.78 is 5.65. The van der Waals surface area contributed by atoms with Crippen LogP contribution in [0.1, 0.15) is 31.0 Å². The molecular weight excluding hydrogens is 238 g/mol. The molecule has 0 amide bonds. The summed E-state index contributed by atoms with van der Waals surface area (Å²) in [7, 11) is 0. The minimum absolute atomic E-state index is 0.370. The SMILES string of the molecule is CC(C)c1cc(OCCc2ccccc2N)ncn1. The summed E-state index contributed by atoms with van der Waals surface area (Å²) in [6.07, 6.45) is 2.31. The van der Waals surface area contributed by atoms with Gasteiger partial charge < -0.3 is 10.5 Å². The molecule has 0 fully saturated rings. The standard InChI is InChI=1S/C15H19N3O/c1-11(2)14-9-15(18-10-17-14)19-8-7-12-5-3-4-6-13(12)16/h3-6,9-11H,7-8,16H2,1-2H3. The number of ether oxygens (including phenoxy) is 1. The van der Waals surface area contributed by atoms with Gasteiger partial charge in [-0.15, -0.1) is 0 Å². The molecule has 0 unspecified atom stereocenters. The minimum Gasteiger partial charge on any atom is -0.477 e. The van der Waals surface area contributed by atoms with Crippen molar-refractivity contribution in [2.24, 2.45) is 0 Å². The monoisotopic (exact) mass is 257 g/mol. The van der Waals surface area contributed by atoms with Crippen LogP contribution in [0.5, 0.6) is 5.88 Å². The van der Waals surface area contributed by atoms with E-state index in [1.165, 1.54) is 0 Å². The molecule has 0 bridgehead atoms. The van der Waals surface area contributed by atoms with E-state index in [4.69, 9.17) is 10.5 Å². The fourth-order valence-electron chi connectivity index (χ4n) is 1.78. The van der Waals surface area contributed by atoms with E-state index in [9.17, 15) is 0 Å². The van der Waals surface area contributed by atoms with Crippen molar-refractivity contribution < 1.29 is 4.74 Å². The fourth-order valence-corrected chi connectivity index (χ4v) is 1.78. The number of aromatic nitrogens is 2. The Bertz CT molecular complexity index is 540. The molecule has 4 nitrogen and oxygen atoms in total. The summed E-state index contributed by atoms with van der Waals surface area (Å²) in [6, 6.07) is 9.71. The highest BCUT2D eigenvalue weighted by Crippen LogP contribution is 2.16. The van der Waals surface area contributed by atoms with Crippen LogP contribution in [-0.4, -0.2) is 16.6 Å². The second-order valence-corrected chi connectivity index (χ2v) is 4.73. The van der Waals surface area contributed by atoms with Crippen LogP contribution in [0, 0.1) is 0 Å². The molecular formula is C15H19N3O. The van der Waals surface area contributed by atoms with Crippen LogP contribution in [0.3, 0.4) is 0 Å². The normalized spacial score (nSPS) is 10.7. The zero-order valence-electron chi connectivity index (χ0n) is 11.3. The third kappa shape index (κ3) is 3.68. The van der Waals surface area contributed by atoms with Crippen LogP contribution in [-0.2, 0) is 6.42 Å². The van der Waals surface area contributed by atoms with Crippen molar-refractivity contribution in [1.82, 2.24) is 9.97 Å². The molecule has 1 heterocycles. The van der Waals surface area contributed by atoms with Gasteiger partial charge in [-0.1, -0.05) is 32.0 Å². The molecule has 0 aliphatic heterocycles. The Morgan fingerprint density at radius 2 is 2.00 bits per heavy atom. The zero-order chi connectivity index (χ0) is 13.7. The Morgan fingerprint density at radius 1 is 1.21 bits per heavy atom. The predicted molar refractivity (Wildman–Crippen MR) is 76.2 cm³/mol. The number of hydrogen-bond donors (Lipinski definition) is 1. The molecule has 2 rings (SSSR count). The molecule has 0 radical (unpaired) electrons. The van der Waals surface area contributed by atoms with Gasteiger partial charge in [0.25, 0.3) is 0 Å². The second-order valence-electron chi connectivity index (χ2n) is 4.73. The smallest absolute Gasteiger partial charge is 0.216 e. The van der Waals surface area contributed by atoms with Crippen molar-refractivity contribution in [3.63, 3.8) is 0 Å². The van der Waals surface area contributed by atoms with Gasteiger partial charge in [-0.2, -0.15) is 0 Å². The van der Waals surface area contributed by atoms with Crippen LogP contribution < -0.4 is 10.5 Å². The molecule has 1 aromatic heterocycles. The maximum atomic E-state index is 5.88. The molecule has 4 heteroatoms. The van der Waals surface area contributed by atoms with Gasteiger partial charge in [0.2, 0.25) is 5.88 Å². The van der Waals surface area contributed by atoms with Crippen LogP contribution in [0.15, 0.2) is 36.7 Å². The lowest BCUT2D eigenvalue weighted by molar-refractivity contribution is 0.308. The van der Waals surface area contributed by atoms with Crippen LogP contribution in [0.25, 0.3) is 0 Å². The molecule has 2 aromatic rings. The van der Waals surface area contributed by atoms with Gasteiger partial charge in [-0.05, 0) is 17.5 Å². The Kier molecular flexibility index (Phi) is 4.34. The number of anilines is 1. The van der Waals surface area contributed by atoms with Gasteiger partial charge in [0.05, 0.1) is 12.3 Å². The molecule has 19 heavy (non-hydrogen) atoms. The zero-order valence-corrected chi connectivity index (χ0v) is 11.3. The van der Waals surface area contributed by atoms with Gasteiger partial charge in [0, 0.05) is 18.2 Å². The summed E-state index contributed by atoms with van der Waals surface area (Å²) in [4.78, 5) is 8.32. The molecule has 2 N–H and O–H groups in total. The van der Waals surface area contributed by atoms with E-state index in [0.717, 1.165) is 23.4 Å². The van der Waals surface area contributed by atoms with E-state index < -0.39 is 0 Å². The van der Waals surface area contributed by atoms with Crippen molar-refractivity contribution in [3.05, 3.63) is 47.9 Å². The van der Waals surface area contributed by atoms with Gasteiger partial charge >= 0.3 is 0 Å². The Balaban J connectivity index is 1.93. The quantitative estimate of drug-likeness (QED) is 0.837. The first kappa shape index (κ1) is 13.3. The van der Waals surface area contributed by atoms with E-state index in [-0.39, 0.29) is 0 Å². The maximum absolute atomic E-state index is 5.88. The second kappa shape index (κ2) is 6.18. The first-order valence-corrected chi connectivity index (χ1v) is 6.45. The number of benzene rings is 1. The highest BCUT2D eigenvalue weighted by molar-refractivity contribution is 5.46. The van der Waals surface area contributed by atoms with Gasteiger partial charge in [-0.3, -0.25) is 0 Å². The highest BCUT2D eigenvalue weighted by atomic mass is 16.5. The molecule has 0 aliphatic carbocycles. The maximum Gasteiger partial charge on any atom is 0.216 e. The number of nitrogens with two attached hydrogens (primary N) is 1. The van der Waals surface area contributed by atoms with Gasteiger partial charge in [0.1, 0.15) is 6.33 Å². The van der Waals surface area contributed by atoms with Gasteiger partial charge in [-0.25, -0.2) is 9.97 Å². The van der Waals surface area contributed by atoms with Crippen molar-refractivity contribution in [1.29, 1.82) is 0 Å². The van der Waals surface area contributed by atoms with E-state index in [1.807, 2.05) is 30.3 Å². The average molecular weight is 257 g/mol. The number of nitrogens with zero attached hydrogens (tertiary/aromatic N) is 2.